The van der Waals surface area contributed by atoms with E-state index in [0.29, 0.717) is 46.6 Å². The molecule has 0 bridgehead atoms. The topological polar surface area (TPSA) is 362 Å². The molecule has 0 amide bonds. The van der Waals surface area contributed by atoms with Gasteiger partial charge in [-0.2, -0.15) is 22.0 Å². The number of methoxy groups -OCH3 is 1. The van der Waals surface area contributed by atoms with E-state index in [4.69, 9.17) is 53.6 Å². The number of nitrogens with zero attached hydrogens (tertiary/aromatic N) is 13. The Labute approximate surface area is 583 Å². The Kier molecular flexibility index (Phi) is 33.3. The van der Waals surface area contributed by atoms with Crippen LogP contribution in [-0.4, -0.2) is 147 Å². The number of pyridine rings is 3. The van der Waals surface area contributed by atoms with E-state index in [2.05, 4.69) is 96.2 Å². The van der Waals surface area contributed by atoms with Gasteiger partial charge in [0.15, 0.2) is 15.0 Å². The standard InChI is InChI=1S/C19H17N7OS.C14H19BN3O2.C12H13ClN4O2S.C11H13ClN4OS.C4H7O.CH4.B.Li/c1-11(2)23-15-6-16(21-9-14(15)19-25-24-18(10-27)28-19)17-4-3-13-5-12(7-20)8-22-26(13)17;1-13(2,19)14(3,4)20-15-12-6-5-11(18-12)7-10(8-16)9-17;1-6(2)15-8-4-9(13)14-5-7(8)10-16-17-11(20-10)12(18)19-3;1-6(2)14-8-3-9(12)13-4-7(8)11-16-15-10(5-17)18-11;1-2-4-5-3-1;;;/h3-6,8-9,11,27H,10H2,1-2H3,(H,21,23);5-8,16,18-19H,1-4H3;4-6H,1-3H3,(H,14,15);3-4,6,17H,5H2,1-2H3,(H,13,14);3H,1-2,4H2;1H4;;/q;;;;-1;;;+1/b;10-7+,16-8?;;;;;;. The number of ether oxygens (including phenoxy) is 2. The first kappa shape index (κ1) is 80.7. The zero-order chi connectivity index (χ0) is 66.4. The Balaban J connectivity index is 0.000000319. The number of halogens is 2. The van der Waals surface area contributed by atoms with Gasteiger partial charge < -0.3 is 55.8 Å². The van der Waals surface area contributed by atoms with Gasteiger partial charge in [0.25, 0.3) is 0 Å². The number of fused-ring (bicyclic) bond motifs is 1. The molecule has 0 unspecified atom stereocenters. The first-order valence-electron chi connectivity index (χ1n) is 28.2. The van der Waals surface area contributed by atoms with Gasteiger partial charge in [0.2, 0.25) is 5.01 Å². The van der Waals surface area contributed by atoms with Crippen molar-refractivity contribution >= 4 is 120 Å². The van der Waals surface area contributed by atoms with Crippen LogP contribution in [0.2, 0.25) is 10.3 Å². The molecule has 0 atom stereocenters. The molecule has 4 radical (unpaired) electrons. The molecule has 33 heteroatoms. The number of nitriles is 2. The largest absolute Gasteiger partial charge is 1.00 e. The van der Waals surface area contributed by atoms with E-state index in [1.165, 1.54) is 49.9 Å². The van der Waals surface area contributed by atoms with Crippen LogP contribution in [0.1, 0.15) is 121 Å². The average molecular weight is 1370 g/mol. The monoisotopic (exact) mass is 1360 g/mol. The van der Waals surface area contributed by atoms with Crippen LogP contribution < -0.4 is 40.4 Å². The maximum Gasteiger partial charge on any atom is 1.00 e. The molecule has 9 aromatic rings. The molecule has 1 aliphatic rings. The van der Waals surface area contributed by atoms with Crippen molar-refractivity contribution in [3.8, 4) is 55.2 Å². The summed E-state index contributed by atoms with van der Waals surface area (Å²) in [6.45, 7) is 21.8. The van der Waals surface area contributed by atoms with Gasteiger partial charge in [-0.1, -0.05) is 71.1 Å². The summed E-state index contributed by atoms with van der Waals surface area (Å²) in [6.07, 6.45) is 11.5. The summed E-state index contributed by atoms with van der Waals surface area (Å²) in [5.74, 6) is -0.506. The fraction of sp³-hybridized carbons (Fsp3) is 0.361. The summed E-state index contributed by atoms with van der Waals surface area (Å²) in [7, 11) is 2.84. The first-order valence-corrected chi connectivity index (χ1v) is 31.4. The van der Waals surface area contributed by atoms with Crippen LogP contribution >= 0.6 is 57.2 Å². The number of esters is 1. The molecule has 488 valence electrons. The van der Waals surface area contributed by atoms with Gasteiger partial charge in [-0.25, -0.2) is 25.9 Å². The summed E-state index contributed by atoms with van der Waals surface area (Å²) >= 11 is 15.6. The molecule has 0 spiro atoms. The number of allylic oxidation sites excluding steroid dienone is 1. The Bertz CT molecular complexity index is 3980. The molecule has 10 rings (SSSR count). The van der Waals surface area contributed by atoms with Gasteiger partial charge in [-0.15, -0.1) is 30.6 Å². The van der Waals surface area contributed by atoms with Gasteiger partial charge in [-0.05, 0) is 124 Å². The van der Waals surface area contributed by atoms with Crippen LogP contribution in [0.25, 0.3) is 54.7 Å². The molecular weight excluding hydrogens is 1290 g/mol. The summed E-state index contributed by atoms with van der Waals surface area (Å²) in [5.41, 5.74) is 7.84. The second-order valence-electron chi connectivity index (χ2n) is 21.5. The van der Waals surface area contributed by atoms with Crippen molar-refractivity contribution in [2.75, 3.05) is 29.7 Å². The number of hydrogen-bond acceptors (Lipinski definition) is 26. The predicted molar refractivity (Wildman–Crippen MR) is 370 cm³/mol. The van der Waals surface area contributed by atoms with Crippen LogP contribution in [0.15, 0.2) is 78.9 Å². The molecule has 0 aliphatic carbocycles. The molecule has 1 fully saturated rings. The van der Waals surface area contributed by atoms with E-state index < -0.39 is 17.2 Å². The predicted octanol–water partition coefficient (Wildman–Crippen LogP) is 8.13. The smallest absolute Gasteiger partial charge is 0.552 e. The number of aromatic nitrogens is 12. The van der Waals surface area contributed by atoms with Gasteiger partial charge in [0.05, 0.1) is 82.5 Å². The molecule has 9 aromatic heterocycles. The quantitative estimate of drug-likeness (QED) is 0.00945. The molecule has 94 heavy (non-hydrogen) atoms. The number of aliphatic hydroxyl groups excluding tert-OH is 2. The van der Waals surface area contributed by atoms with E-state index in [9.17, 15) is 15.0 Å². The number of aliphatic hydroxyl groups is 3. The third kappa shape index (κ3) is 23.7. The van der Waals surface area contributed by atoms with Crippen LogP contribution in [0, 0.1) is 34.7 Å². The van der Waals surface area contributed by atoms with Crippen molar-refractivity contribution in [3.05, 3.63) is 122 Å². The molecule has 10 heterocycles. The van der Waals surface area contributed by atoms with E-state index in [1.54, 1.807) is 87.2 Å². The number of carbonyl (C=O) groups excluding carboxylic acids is 1. The number of nitrogens with one attached hydrogen (secondary N) is 5. The third-order valence-corrected chi connectivity index (χ3v) is 15.8. The molecular formula is C61H73B2Cl2LiN18O7S3. The summed E-state index contributed by atoms with van der Waals surface area (Å²) in [4.78, 5) is 27.2. The number of aromatic amines is 1. The third-order valence-electron chi connectivity index (χ3n) is 12.5. The van der Waals surface area contributed by atoms with Crippen LogP contribution in [0.4, 0.5) is 17.1 Å². The minimum Gasteiger partial charge on any atom is -0.552 e. The number of rotatable bonds is 19. The summed E-state index contributed by atoms with van der Waals surface area (Å²) in [5, 5.41) is 95.5. The van der Waals surface area contributed by atoms with Crippen molar-refractivity contribution in [2.45, 2.75) is 132 Å². The number of hydrogen-bond donors (Lipinski definition) is 8. The van der Waals surface area contributed by atoms with E-state index in [1.807, 2.05) is 58.6 Å². The van der Waals surface area contributed by atoms with E-state index in [0.717, 1.165) is 86.8 Å². The fourth-order valence-corrected chi connectivity index (χ4v) is 10.0. The minimum absolute atomic E-state index is 0. The number of H-pyrrole nitrogens is 1. The normalized spacial score (nSPS) is 11.7. The Morgan fingerprint density at radius 2 is 1.34 bits per heavy atom. The second-order valence-corrected chi connectivity index (χ2v) is 25.3. The Morgan fingerprint density at radius 1 is 0.809 bits per heavy atom. The molecule has 8 N–H and O–H groups in total. The van der Waals surface area contributed by atoms with Crippen molar-refractivity contribution in [3.63, 3.8) is 0 Å². The zero-order valence-electron chi connectivity index (χ0n) is 53.4. The molecule has 0 aromatic carbocycles. The van der Waals surface area contributed by atoms with Crippen molar-refractivity contribution in [1.29, 1.82) is 15.9 Å². The van der Waals surface area contributed by atoms with E-state index in [-0.39, 0.29) is 76.6 Å². The Morgan fingerprint density at radius 3 is 1.79 bits per heavy atom. The molecule has 0 saturated carbocycles. The van der Waals surface area contributed by atoms with Crippen LogP contribution in [-0.2, 0) is 27.3 Å². The molecule has 1 saturated heterocycles. The second kappa shape index (κ2) is 38.7. The van der Waals surface area contributed by atoms with E-state index >= 15 is 0 Å². The van der Waals surface area contributed by atoms with Gasteiger partial charge in [0.1, 0.15) is 32.5 Å². The maximum atomic E-state index is 11.4. The zero-order valence-corrected chi connectivity index (χ0v) is 57.3. The first-order chi connectivity index (χ1) is 43.4. The van der Waals surface area contributed by atoms with Crippen molar-refractivity contribution in [2.24, 2.45) is 0 Å². The fourth-order valence-electron chi connectivity index (χ4n) is 7.49. The molecule has 1 aliphatic heterocycles. The maximum absolute atomic E-state index is 11.4. The number of carbonyl (C=O) groups is 1. The van der Waals surface area contributed by atoms with Gasteiger partial charge in [-0.3, -0.25) is 4.98 Å². The van der Waals surface area contributed by atoms with Crippen LogP contribution in [0.3, 0.4) is 0 Å². The number of anilines is 3. The van der Waals surface area contributed by atoms with Gasteiger partial charge >= 0.3 is 32.3 Å². The minimum atomic E-state index is -0.979. The summed E-state index contributed by atoms with van der Waals surface area (Å²) < 4.78 is 16.8. The summed E-state index contributed by atoms with van der Waals surface area (Å²) in [6, 6.07) is 19.4. The SMILES string of the molecule is C.CC(C)(O)C(C)(C)O[B]c1ccc(/C=C(/C#N)C=N)[nH]1.CC(C)Nc1cc(-c2ccc3cc(C#N)cnn23)ncc1-c1nnc(CO)s1.CC(C)Nc1cc(Cl)ncc1-c1nnc(CO)s1.COC(=O)c1nnc(-c2cnc(Cl)cc2NC(C)C)s1.[B].[CH-]1CCCO1.[Li+]. The average Bonchev–Trinajstić information content (AvgIpc) is 1.61. The van der Waals surface area contributed by atoms with Crippen LogP contribution in [0.5, 0.6) is 0 Å². The van der Waals surface area contributed by atoms with Crippen molar-refractivity contribution in [1.82, 2.24) is 60.1 Å². The van der Waals surface area contributed by atoms with Gasteiger partial charge in [0, 0.05) is 86.3 Å². The Hall–Kier alpha value is -7.53. The van der Waals surface area contributed by atoms with Crippen molar-refractivity contribution < 1.29 is 53.1 Å². The molecule has 25 nitrogen and oxygen atoms in total.